The van der Waals surface area contributed by atoms with Gasteiger partial charge < -0.3 is 26.0 Å². The Hall–Kier alpha value is -5.38. The molecule has 2 aromatic heterocycles. The molecule has 6 aromatic rings. The van der Waals surface area contributed by atoms with E-state index in [1.807, 2.05) is 91.0 Å². The molecule has 2 fully saturated rings. The molecule has 0 bridgehead atoms. The number of rotatable bonds is 9. The number of pyridine rings is 2. The van der Waals surface area contributed by atoms with Crippen molar-refractivity contribution in [3.8, 4) is 5.75 Å². The summed E-state index contributed by atoms with van der Waals surface area (Å²) in [7, 11) is 1.65. The van der Waals surface area contributed by atoms with E-state index in [4.69, 9.17) is 27.9 Å². The molecular weight excluding hydrogens is 719 g/mol. The van der Waals surface area contributed by atoms with Crippen LogP contribution in [0.25, 0.3) is 21.8 Å². The number of anilines is 6. The summed E-state index contributed by atoms with van der Waals surface area (Å²) in [6.45, 7) is 0. The van der Waals surface area contributed by atoms with E-state index >= 15 is 0 Å². The number of para-hydroxylation sites is 2. The molecular formula is C43H42Cl2N6O3. The van der Waals surface area contributed by atoms with Crippen LogP contribution < -0.4 is 26.0 Å². The molecule has 2 heterocycles. The number of hydrogen-bond donors (Lipinski definition) is 4. The van der Waals surface area contributed by atoms with Crippen LogP contribution in [0.2, 0.25) is 10.0 Å². The minimum Gasteiger partial charge on any atom is -0.497 e. The SMILES string of the molecule is COc1ccc(Nc2cc(NC(=O)C3CCCC3)c3ccccc3n2)cc1.O=C(Nc1cc(Nc2ccc(Cl)c(Cl)c2)nc2ccccc12)C1CCCC1. The van der Waals surface area contributed by atoms with Crippen LogP contribution in [0.15, 0.2) is 103 Å². The fraction of sp³-hybridized carbons (Fsp3) is 0.256. The number of methoxy groups -OCH3 is 1. The Morgan fingerprint density at radius 2 is 1.06 bits per heavy atom. The first-order valence-electron chi connectivity index (χ1n) is 18.4. The summed E-state index contributed by atoms with van der Waals surface area (Å²) in [4.78, 5) is 34.6. The molecule has 0 atom stereocenters. The van der Waals surface area contributed by atoms with Gasteiger partial charge in [-0.3, -0.25) is 9.59 Å². The minimum absolute atomic E-state index is 0.0874. The quantitative estimate of drug-likeness (QED) is 0.116. The molecule has 0 aliphatic heterocycles. The van der Waals surface area contributed by atoms with Crippen molar-refractivity contribution in [1.29, 1.82) is 0 Å². The normalized spacial score (nSPS) is 14.4. The molecule has 2 aliphatic rings. The number of aromatic nitrogens is 2. The highest BCUT2D eigenvalue weighted by molar-refractivity contribution is 6.42. The van der Waals surface area contributed by atoms with Crippen molar-refractivity contribution in [2.75, 3.05) is 28.4 Å². The van der Waals surface area contributed by atoms with Crippen molar-refractivity contribution in [2.45, 2.75) is 51.4 Å². The van der Waals surface area contributed by atoms with E-state index in [0.29, 0.717) is 21.7 Å². The molecule has 276 valence electrons. The zero-order valence-electron chi connectivity index (χ0n) is 30.0. The van der Waals surface area contributed by atoms with Gasteiger partial charge in [-0.1, -0.05) is 85.3 Å². The molecule has 4 N–H and O–H groups in total. The van der Waals surface area contributed by atoms with Crippen molar-refractivity contribution in [3.63, 3.8) is 0 Å². The molecule has 54 heavy (non-hydrogen) atoms. The van der Waals surface area contributed by atoms with Crippen molar-refractivity contribution >= 4 is 91.2 Å². The number of amides is 2. The monoisotopic (exact) mass is 760 g/mol. The molecule has 0 unspecified atom stereocenters. The number of carbonyl (C=O) groups excluding carboxylic acids is 2. The summed E-state index contributed by atoms with van der Waals surface area (Å²) < 4.78 is 5.20. The third kappa shape index (κ3) is 9.04. The molecule has 2 amide bonds. The first kappa shape index (κ1) is 37.0. The highest BCUT2D eigenvalue weighted by Crippen LogP contribution is 2.33. The molecule has 11 heteroatoms. The van der Waals surface area contributed by atoms with Gasteiger partial charge in [-0.2, -0.15) is 0 Å². The summed E-state index contributed by atoms with van der Waals surface area (Å²) in [6.07, 6.45) is 8.40. The van der Waals surface area contributed by atoms with Crippen LogP contribution in [0.4, 0.5) is 34.4 Å². The maximum absolute atomic E-state index is 12.6. The predicted octanol–water partition coefficient (Wildman–Crippen LogP) is 11.5. The summed E-state index contributed by atoms with van der Waals surface area (Å²) in [6, 6.07) is 32.4. The van der Waals surface area contributed by atoms with E-state index in [0.717, 1.165) is 102 Å². The maximum Gasteiger partial charge on any atom is 0.227 e. The Labute approximate surface area is 324 Å². The van der Waals surface area contributed by atoms with E-state index in [1.54, 1.807) is 19.2 Å². The number of hydrogen-bond acceptors (Lipinski definition) is 7. The highest BCUT2D eigenvalue weighted by Gasteiger charge is 2.24. The molecule has 4 aromatic carbocycles. The van der Waals surface area contributed by atoms with Gasteiger partial charge in [0, 0.05) is 46.1 Å². The molecule has 2 aliphatic carbocycles. The Morgan fingerprint density at radius 1 is 0.593 bits per heavy atom. The van der Waals surface area contributed by atoms with E-state index in [1.165, 1.54) is 0 Å². The van der Waals surface area contributed by atoms with Crippen LogP contribution >= 0.6 is 23.2 Å². The van der Waals surface area contributed by atoms with Gasteiger partial charge in [-0.05, 0) is 80.3 Å². The lowest BCUT2D eigenvalue weighted by molar-refractivity contribution is -0.120. The molecule has 2 saturated carbocycles. The fourth-order valence-corrected chi connectivity index (χ4v) is 7.37. The number of carbonyl (C=O) groups is 2. The molecule has 0 saturated heterocycles. The standard InChI is InChI=1S/C22H23N3O2.C21H19Cl2N3O/c1-27-17-12-10-16(11-13-17)23-21-14-20(18-8-4-5-9-19(18)24-21)25-22(26)15-6-2-3-7-15;22-16-10-9-14(11-17(16)23)24-20-12-19(15-7-3-4-8-18(15)25-20)26-21(27)13-5-1-2-6-13/h4-5,8-15H,2-3,6-7H2,1H3,(H2,23,24,25,26);3-4,7-13H,1-2,5-6H2,(H2,24,25,26,27). The average molecular weight is 762 g/mol. The first-order valence-corrected chi connectivity index (χ1v) is 19.1. The smallest absolute Gasteiger partial charge is 0.227 e. The molecule has 0 spiro atoms. The summed E-state index contributed by atoms with van der Waals surface area (Å²) >= 11 is 12.1. The summed E-state index contributed by atoms with van der Waals surface area (Å²) in [5.41, 5.74) is 4.91. The number of halogens is 2. The average Bonchev–Trinajstić information content (AvgIpc) is 3.94. The van der Waals surface area contributed by atoms with Crippen LogP contribution in [0, 0.1) is 11.8 Å². The van der Waals surface area contributed by atoms with Gasteiger partial charge in [0.2, 0.25) is 11.8 Å². The number of benzene rings is 4. The van der Waals surface area contributed by atoms with Gasteiger partial charge in [0.15, 0.2) is 0 Å². The van der Waals surface area contributed by atoms with E-state index < -0.39 is 0 Å². The molecule has 8 rings (SSSR count). The lowest BCUT2D eigenvalue weighted by Crippen LogP contribution is -2.20. The van der Waals surface area contributed by atoms with Gasteiger partial charge in [0.1, 0.15) is 17.4 Å². The lowest BCUT2D eigenvalue weighted by atomic mass is 10.1. The zero-order chi connectivity index (χ0) is 37.4. The van der Waals surface area contributed by atoms with E-state index in [9.17, 15) is 9.59 Å². The predicted molar refractivity (Wildman–Crippen MR) is 221 cm³/mol. The summed E-state index contributed by atoms with van der Waals surface area (Å²) in [5, 5.41) is 15.6. The first-order chi connectivity index (χ1) is 26.3. The third-order valence-corrected chi connectivity index (χ3v) is 10.7. The van der Waals surface area contributed by atoms with Crippen molar-refractivity contribution in [2.24, 2.45) is 11.8 Å². The molecule has 0 radical (unpaired) electrons. The van der Waals surface area contributed by atoms with Gasteiger partial charge in [0.25, 0.3) is 0 Å². The van der Waals surface area contributed by atoms with E-state index in [2.05, 4.69) is 31.2 Å². The van der Waals surface area contributed by atoms with Gasteiger partial charge in [0.05, 0.1) is 39.6 Å². The van der Waals surface area contributed by atoms with Gasteiger partial charge in [-0.15, -0.1) is 0 Å². The zero-order valence-corrected chi connectivity index (χ0v) is 31.5. The number of ether oxygens (including phenoxy) is 1. The van der Waals surface area contributed by atoms with Crippen molar-refractivity contribution < 1.29 is 14.3 Å². The number of fused-ring (bicyclic) bond motifs is 2. The lowest BCUT2D eigenvalue weighted by Gasteiger charge is -2.15. The van der Waals surface area contributed by atoms with Crippen LogP contribution in [0.1, 0.15) is 51.4 Å². The van der Waals surface area contributed by atoms with Crippen LogP contribution in [0.3, 0.4) is 0 Å². The number of nitrogens with zero attached hydrogens (tertiary/aromatic N) is 2. The van der Waals surface area contributed by atoms with Crippen LogP contribution in [-0.2, 0) is 9.59 Å². The second-order valence-corrected chi connectivity index (χ2v) is 14.5. The Bertz CT molecular complexity index is 2270. The Morgan fingerprint density at radius 3 is 1.54 bits per heavy atom. The maximum atomic E-state index is 12.6. The van der Waals surface area contributed by atoms with Crippen LogP contribution in [0.5, 0.6) is 5.75 Å². The topological polar surface area (TPSA) is 117 Å². The molecule has 9 nitrogen and oxygen atoms in total. The second kappa shape index (κ2) is 17.2. The van der Waals surface area contributed by atoms with Crippen molar-refractivity contribution in [3.05, 3.63) is 113 Å². The Kier molecular flexibility index (Phi) is 11.8. The summed E-state index contributed by atoms with van der Waals surface area (Å²) in [5.74, 6) is 2.55. The second-order valence-electron chi connectivity index (χ2n) is 13.7. The largest absolute Gasteiger partial charge is 0.497 e. The number of nitrogens with one attached hydrogen (secondary N) is 4. The van der Waals surface area contributed by atoms with E-state index in [-0.39, 0.29) is 23.7 Å². The minimum atomic E-state index is 0.0874. The van der Waals surface area contributed by atoms with Crippen molar-refractivity contribution in [1.82, 2.24) is 9.97 Å². The van der Waals surface area contributed by atoms with Gasteiger partial charge >= 0.3 is 0 Å². The highest BCUT2D eigenvalue weighted by atomic mass is 35.5. The third-order valence-electron chi connectivity index (χ3n) is 9.95. The fourth-order valence-electron chi connectivity index (χ4n) is 7.08. The van der Waals surface area contributed by atoms with Crippen LogP contribution in [-0.4, -0.2) is 28.9 Å². The Balaban J connectivity index is 0.000000167. The van der Waals surface area contributed by atoms with Gasteiger partial charge in [-0.25, -0.2) is 9.97 Å².